The van der Waals surface area contributed by atoms with Crippen LogP contribution in [-0.4, -0.2) is 62.1 Å². The topological polar surface area (TPSA) is 76.2 Å². The Morgan fingerprint density at radius 2 is 1.80 bits per heavy atom. The summed E-state index contributed by atoms with van der Waals surface area (Å²) in [6.07, 6.45) is 3.52. The summed E-state index contributed by atoms with van der Waals surface area (Å²) in [4.78, 5) is 44.5. The number of hydrogen-bond acceptors (Lipinski definition) is 6. The van der Waals surface area contributed by atoms with Crippen molar-refractivity contribution in [2.45, 2.75) is 66.3 Å². The largest absolute Gasteiger partial charge is 0.465 e. The van der Waals surface area contributed by atoms with Crippen molar-refractivity contribution in [2.75, 3.05) is 38.3 Å². The maximum absolute atomic E-state index is 14.0. The van der Waals surface area contributed by atoms with Crippen LogP contribution in [-0.2, 0) is 19.1 Å². The van der Waals surface area contributed by atoms with Gasteiger partial charge in [-0.2, -0.15) is 0 Å². The van der Waals surface area contributed by atoms with Crippen LogP contribution >= 0.6 is 11.3 Å². The molecule has 1 aliphatic carbocycles. The molecular weight excluding hydrogens is 464 g/mol. The second-order valence-corrected chi connectivity index (χ2v) is 11.6. The molecular formula is C27H38N2O5S. The molecule has 1 aliphatic heterocycles. The van der Waals surface area contributed by atoms with E-state index in [4.69, 9.17) is 9.47 Å². The van der Waals surface area contributed by atoms with Gasteiger partial charge in [-0.05, 0) is 65.4 Å². The van der Waals surface area contributed by atoms with Gasteiger partial charge in [-0.15, -0.1) is 11.3 Å². The molecule has 0 spiro atoms. The van der Waals surface area contributed by atoms with Gasteiger partial charge in [0.15, 0.2) is 0 Å². The van der Waals surface area contributed by atoms with E-state index < -0.39 is 12.0 Å². The number of carbonyl (C=O) groups is 3. The molecule has 0 N–H and O–H groups in total. The monoisotopic (exact) mass is 502 g/mol. The number of hydrogen-bond donors (Lipinski definition) is 0. The molecule has 1 aromatic heterocycles. The van der Waals surface area contributed by atoms with E-state index in [-0.39, 0.29) is 23.1 Å². The van der Waals surface area contributed by atoms with Gasteiger partial charge in [-0.1, -0.05) is 18.8 Å². The lowest BCUT2D eigenvalue weighted by atomic mass is 9.82. The average Bonchev–Trinajstić information content (AvgIpc) is 3.26. The second kappa shape index (κ2) is 11.6. The number of rotatable bonds is 5. The van der Waals surface area contributed by atoms with Gasteiger partial charge < -0.3 is 14.4 Å². The molecule has 0 radical (unpaired) electrons. The normalized spacial score (nSPS) is 21.5. The molecule has 2 aliphatic rings. The Morgan fingerprint density at radius 3 is 2.37 bits per heavy atom. The Morgan fingerprint density at radius 1 is 1.17 bits per heavy atom. The SMILES string of the molecule is COC(=O)c1sc(C#CC(C)(C)C)cc1N(C(=O)[C@H]1CC[C@H](C)CC1)[C@@H](C)C(=O)N1CCOCC1. The summed E-state index contributed by atoms with van der Waals surface area (Å²) in [5.74, 6) is 5.96. The zero-order valence-corrected chi connectivity index (χ0v) is 22.6. The van der Waals surface area contributed by atoms with E-state index in [1.165, 1.54) is 18.4 Å². The van der Waals surface area contributed by atoms with E-state index in [0.717, 1.165) is 25.7 Å². The van der Waals surface area contributed by atoms with Crippen molar-refractivity contribution in [3.8, 4) is 11.8 Å². The Balaban J connectivity index is 2.05. The van der Waals surface area contributed by atoms with Crippen molar-refractivity contribution in [3.05, 3.63) is 15.8 Å². The third-order valence-electron chi connectivity index (χ3n) is 6.57. The van der Waals surface area contributed by atoms with Crippen molar-refractivity contribution in [1.29, 1.82) is 0 Å². The quantitative estimate of drug-likeness (QED) is 0.442. The van der Waals surface area contributed by atoms with Crippen LogP contribution in [0.3, 0.4) is 0 Å². The molecule has 2 amide bonds. The zero-order valence-electron chi connectivity index (χ0n) is 21.8. The summed E-state index contributed by atoms with van der Waals surface area (Å²) in [6, 6.07) is 1.00. The van der Waals surface area contributed by atoms with Gasteiger partial charge in [0.1, 0.15) is 10.9 Å². The molecule has 192 valence electrons. The van der Waals surface area contributed by atoms with Crippen LogP contribution in [0.25, 0.3) is 0 Å². The molecule has 7 nitrogen and oxygen atoms in total. The molecule has 2 fully saturated rings. The van der Waals surface area contributed by atoms with Crippen molar-refractivity contribution >= 4 is 34.8 Å². The van der Waals surface area contributed by atoms with Gasteiger partial charge in [0, 0.05) is 24.4 Å². The smallest absolute Gasteiger partial charge is 0.350 e. The third-order valence-corrected chi connectivity index (χ3v) is 7.59. The Hall–Kier alpha value is -2.37. The highest BCUT2D eigenvalue weighted by atomic mass is 32.1. The van der Waals surface area contributed by atoms with Crippen molar-refractivity contribution < 1.29 is 23.9 Å². The molecule has 1 aromatic rings. The lowest BCUT2D eigenvalue weighted by molar-refractivity contribution is -0.138. The first-order valence-corrected chi connectivity index (χ1v) is 13.3. The maximum atomic E-state index is 14.0. The Labute approximate surface area is 213 Å². The minimum Gasteiger partial charge on any atom is -0.465 e. The van der Waals surface area contributed by atoms with Crippen LogP contribution < -0.4 is 4.90 Å². The van der Waals surface area contributed by atoms with Crippen molar-refractivity contribution in [2.24, 2.45) is 17.3 Å². The van der Waals surface area contributed by atoms with Crippen LogP contribution in [0.2, 0.25) is 0 Å². The summed E-state index contributed by atoms with van der Waals surface area (Å²) in [6.45, 7) is 11.9. The van der Waals surface area contributed by atoms with Gasteiger partial charge in [0.25, 0.3) is 0 Å². The van der Waals surface area contributed by atoms with Gasteiger partial charge >= 0.3 is 5.97 Å². The summed E-state index contributed by atoms with van der Waals surface area (Å²) < 4.78 is 10.5. The molecule has 35 heavy (non-hydrogen) atoms. The number of carbonyl (C=O) groups excluding carboxylic acids is 3. The molecule has 3 rings (SSSR count). The summed E-state index contributed by atoms with van der Waals surface area (Å²) in [5, 5.41) is 0. The van der Waals surface area contributed by atoms with E-state index in [0.29, 0.717) is 47.7 Å². The molecule has 0 bridgehead atoms. The van der Waals surface area contributed by atoms with E-state index >= 15 is 0 Å². The molecule has 1 saturated heterocycles. The standard InChI is InChI=1S/C27H38N2O5S/c1-18-7-9-20(10-8-18)25(31)29(19(2)24(30)28-13-15-34-16-14-28)22-17-21(11-12-27(3,4)5)35-23(22)26(32)33-6/h17-20H,7-10,13-16H2,1-6H3/t18-,19-,20-/m0/s1. The lowest BCUT2D eigenvalue weighted by Crippen LogP contribution is -2.54. The Kier molecular flexibility index (Phi) is 9.00. The van der Waals surface area contributed by atoms with Crippen LogP contribution in [0.4, 0.5) is 5.69 Å². The predicted molar refractivity (Wildman–Crippen MR) is 137 cm³/mol. The zero-order chi connectivity index (χ0) is 25.8. The summed E-state index contributed by atoms with van der Waals surface area (Å²) >= 11 is 1.20. The molecule has 1 atom stereocenters. The van der Waals surface area contributed by atoms with E-state index in [1.54, 1.807) is 22.8 Å². The number of morpholine rings is 1. The van der Waals surface area contributed by atoms with Gasteiger partial charge in [0.2, 0.25) is 11.8 Å². The fraction of sp³-hybridized carbons (Fsp3) is 0.667. The summed E-state index contributed by atoms with van der Waals surface area (Å²) in [5.41, 5.74) is 0.196. The van der Waals surface area contributed by atoms with Gasteiger partial charge in [-0.3, -0.25) is 14.5 Å². The molecule has 8 heteroatoms. The average molecular weight is 503 g/mol. The first-order chi connectivity index (χ1) is 16.5. The molecule has 2 heterocycles. The maximum Gasteiger partial charge on any atom is 0.350 e. The highest BCUT2D eigenvalue weighted by Crippen LogP contribution is 2.37. The predicted octanol–water partition coefficient (Wildman–Crippen LogP) is 4.34. The number of esters is 1. The molecule has 0 aromatic carbocycles. The number of amides is 2. The minimum absolute atomic E-state index is 0.107. The minimum atomic E-state index is -0.763. The fourth-order valence-corrected chi connectivity index (χ4v) is 5.41. The number of ether oxygens (including phenoxy) is 2. The third kappa shape index (κ3) is 6.86. The van der Waals surface area contributed by atoms with E-state index in [1.807, 2.05) is 20.8 Å². The van der Waals surface area contributed by atoms with E-state index in [2.05, 4.69) is 18.8 Å². The van der Waals surface area contributed by atoms with Crippen molar-refractivity contribution in [3.63, 3.8) is 0 Å². The van der Waals surface area contributed by atoms with Gasteiger partial charge in [0.05, 0.1) is 30.9 Å². The van der Waals surface area contributed by atoms with Crippen LogP contribution in [0.5, 0.6) is 0 Å². The second-order valence-electron chi connectivity index (χ2n) is 10.6. The number of methoxy groups -OCH3 is 1. The fourth-order valence-electron chi connectivity index (χ4n) is 4.49. The Bertz CT molecular complexity index is 985. The number of thiophene rings is 1. The van der Waals surface area contributed by atoms with Gasteiger partial charge in [-0.25, -0.2) is 4.79 Å². The highest BCUT2D eigenvalue weighted by Gasteiger charge is 2.38. The first kappa shape index (κ1) is 27.2. The molecule has 1 saturated carbocycles. The van der Waals surface area contributed by atoms with Crippen LogP contribution in [0.1, 0.15) is 74.9 Å². The van der Waals surface area contributed by atoms with Crippen LogP contribution in [0, 0.1) is 29.1 Å². The highest BCUT2D eigenvalue weighted by molar-refractivity contribution is 7.15. The van der Waals surface area contributed by atoms with E-state index in [9.17, 15) is 14.4 Å². The van der Waals surface area contributed by atoms with Crippen molar-refractivity contribution in [1.82, 2.24) is 4.90 Å². The summed E-state index contributed by atoms with van der Waals surface area (Å²) in [7, 11) is 1.32. The molecule has 0 unspecified atom stereocenters. The number of nitrogens with zero attached hydrogens (tertiary/aromatic N) is 2. The van der Waals surface area contributed by atoms with Crippen LogP contribution in [0.15, 0.2) is 6.07 Å². The lowest BCUT2D eigenvalue weighted by Gasteiger charge is -2.37. The number of anilines is 1. The first-order valence-electron chi connectivity index (χ1n) is 12.5.